The summed E-state index contributed by atoms with van der Waals surface area (Å²) in [5.41, 5.74) is 1.48. The highest BCUT2D eigenvalue weighted by Gasteiger charge is 2.12. The lowest BCUT2D eigenvalue weighted by molar-refractivity contribution is -0.116. The minimum absolute atomic E-state index is 0.0522. The summed E-state index contributed by atoms with van der Waals surface area (Å²) in [7, 11) is 1.29. The average Bonchev–Trinajstić information content (AvgIpc) is 2.29. The molecule has 0 radical (unpaired) electrons. The maximum atomic E-state index is 11.4. The van der Waals surface area contributed by atoms with E-state index in [-0.39, 0.29) is 18.1 Å². The highest BCUT2D eigenvalue weighted by Crippen LogP contribution is 2.19. The zero-order valence-electron chi connectivity index (χ0n) is 10.6. The Morgan fingerprint density at radius 1 is 1.22 bits per heavy atom. The summed E-state index contributed by atoms with van der Waals surface area (Å²) in [4.78, 5) is 33.6. The molecule has 1 aromatic rings. The van der Waals surface area contributed by atoms with Crippen molar-refractivity contribution < 1.29 is 19.1 Å². The Balaban J connectivity index is 3.15. The smallest absolute Gasteiger partial charge is 0.337 e. The summed E-state index contributed by atoms with van der Waals surface area (Å²) in [5, 5.41) is 2.62. The largest absolute Gasteiger partial charge is 0.465 e. The number of ether oxygens (including phenoxy) is 1. The molecule has 0 aliphatic carbocycles. The van der Waals surface area contributed by atoms with Gasteiger partial charge in [0.05, 0.1) is 12.7 Å². The van der Waals surface area contributed by atoms with Crippen molar-refractivity contribution in [2.45, 2.75) is 20.3 Å². The van der Waals surface area contributed by atoms with Crippen LogP contribution in [0.1, 0.15) is 29.8 Å². The summed E-state index contributed by atoms with van der Waals surface area (Å²) in [5.74, 6) is -0.761. The lowest BCUT2D eigenvalue weighted by Crippen LogP contribution is -2.11. The molecule has 0 bridgehead atoms. The summed E-state index contributed by atoms with van der Waals surface area (Å²) in [6, 6.07) is 4.69. The molecule has 0 aliphatic rings. The zero-order valence-corrected chi connectivity index (χ0v) is 10.6. The lowest BCUT2D eigenvalue weighted by atomic mass is 10.0. The van der Waals surface area contributed by atoms with Crippen molar-refractivity contribution >= 4 is 23.3 Å². The molecule has 5 nitrogen and oxygen atoms in total. The predicted molar refractivity (Wildman–Crippen MR) is 66.5 cm³/mol. The Morgan fingerprint density at radius 2 is 1.89 bits per heavy atom. The molecule has 1 N–H and O–H groups in total. The van der Waals surface area contributed by atoms with Gasteiger partial charge in [-0.15, -0.1) is 0 Å². The van der Waals surface area contributed by atoms with Gasteiger partial charge in [0.15, 0.2) is 0 Å². The van der Waals surface area contributed by atoms with Gasteiger partial charge in [0.25, 0.3) is 0 Å². The number of hydrogen-bond donors (Lipinski definition) is 1. The molecule has 0 saturated carbocycles. The summed E-state index contributed by atoms with van der Waals surface area (Å²) < 4.78 is 4.61. The van der Waals surface area contributed by atoms with Crippen LogP contribution in [-0.4, -0.2) is 24.8 Å². The maximum absolute atomic E-state index is 11.4. The molecular weight excluding hydrogens is 234 g/mol. The van der Waals surface area contributed by atoms with E-state index in [2.05, 4.69) is 10.1 Å². The number of ketones is 1. The number of rotatable bonds is 4. The van der Waals surface area contributed by atoms with Crippen molar-refractivity contribution in [3.63, 3.8) is 0 Å². The third-order valence-corrected chi connectivity index (χ3v) is 2.28. The monoisotopic (exact) mass is 249 g/mol. The zero-order chi connectivity index (χ0) is 13.7. The first-order chi connectivity index (χ1) is 8.43. The molecule has 0 unspecified atom stereocenters. The second-order valence-corrected chi connectivity index (χ2v) is 3.92. The van der Waals surface area contributed by atoms with Crippen molar-refractivity contribution in [2.24, 2.45) is 0 Å². The second-order valence-electron chi connectivity index (χ2n) is 3.92. The van der Waals surface area contributed by atoms with Crippen LogP contribution in [0.15, 0.2) is 18.2 Å². The van der Waals surface area contributed by atoms with Gasteiger partial charge in [-0.2, -0.15) is 0 Å². The van der Waals surface area contributed by atoms with Crippen LogP contribution in [0.2, 0.25) is 0 Å². The molecule has 96 valence electrons. The molecule has 0 fully saturated rings. The van der Waals surface area contributed by atoms with E-state index in [1.54, 1.807) is 18.2 Å². The molecule has 0 aliphatic heterocycles. The van der Waals surface area contributed by atoms with E-state index < -0.39 is 5.97 Å². The van der Waals surface area contributed by atoms with Crippen molar-refractivity contribution in [1.29, 1.82) is 0 Å². The molecule has 0 spiro atoms. The Bertz CT molecular complexity index is 494. The highest BCUT2D eigenvalue weighted by molar-refractivity contribution is 5.94. The number of benzene rings is 1. The van der Waals surface area contributed by atoms with Gasteiger partial charge in [0.1, 0.15) is 5.78 Å². The van der Waals surface area contributed by atoms with Crippen molar-refractivity contribution in [2.75, 3.05) is 12.4 Å². The first-order valence-electron chi connectivity index (χ1n) is 5.42. The van der Waals surface area contributed by atoms with E-state index in [4.69, 9.17) is 0 Å². The average molecular weight is 249 g/mol. The minimum atomic E-state index is -0.478. The number of carbonyl (C=O) groups excluding carboxylic acids is 3. The molecule has 0 atom stereocenters. The standard InChI is InChI=1S/C13H15NO4/c1-8(15)6-11-7-10(13(17)18-3)4-5-12(11)14-9(2)16/h4-5,7H,6H2,1-3H3,(H,14,16). The van der Waals surface area contributed by atoms with Crippen molar-refractivity contribution in [1.82, 2.24) is 0 Å². The van der Waals surface area contributed by atoms with Crippen LogP contribution in [-0.2, 0) is 20.7 Å². The van der Waals surface area contributed by atoms with E-state index in [1.807, 2.05) is 0 Å². The quantitative estimate of drug-likeness (QED) is 0.822. The maximum Gasteiger partial charge on any atom is 0.337 e. The molecule has 18 heavy (non-hydrogen) atoms. The van der Waals surface area contributed by atoms with Gasteiger partial charge in [0.2, 0.25) is 5.91 Å². The topological polar surface area (TPSA) is 72.5 Å². The number of Topliss-reactive ketones (excluding diaryl/α,β-unsaturated/α-hetero) is 1. The molecule has 5 heteroatoms. The van der Waals surface area contributed by atoms with Crippen LogP contribution in [0.3, 0.4) is 0 Å². The van der Waals surface area contributed by atoms with E-state index in [1.165, 1.54) is 21.0 Å². The van der Waals surface area contributed by atoms with Crippen LogP contribution >= 0.6 is 0 Å². The number of carbonyl (C=O) groups is 3. The van der Waals surface area contributed by atoms with Crippen LogP contribution in [0.5, 0.6) is 0 Å². The van der Waals surface area contributed by atoms with Crippen LogP contribution in [0, 0.1) is 0 Å². The fourth-order valence-electron chi connectivity index (χ4n) is 1.56. The third-order valence-electron chi connectivity index (χ3n) is 2.28. The van der Waals surface area contributed by atoms with Crippen molar-refractivity contribution in [3.05, 3.63) is 29.3 Å². The van der Waals surface area contributed by atoms with Gasteiger partial charge in [-0.05, 0) is 30.7 Å². The third kappa shape index (κ3) is 3.69. The molecule has 0 saturated heterocycles. The van der Waals surface area contributed by atoms with E-state index in [9.17, 15) is 14.4 Å². The van der Waals surface area contributed by atoms with Crippen LogP contribution in [0.25, 0.3) is 0 Å². The SMILES string of the molecule is COC(=O)c1ccc(NC(C)=O)c(CC(C)=O)c1. The summed E-state index contributed by atoms with van der Waals surface area (Å²) >= 11 is 0. The van der Waals surface area contributed by atoms with E-state index in [0.717, 1.165) is 0 Å². The molecule has 1 amide bonds. The summed E-state index contributed by atoms with van der Waals surface area (Å²) in [6.07, 6.45) is 0.153. The van der Waals surface area contributed by atoms with Crippen LogP contribution in [0.4, 0.5) is 5.69 Å². The van der Waals surface area contributed by atoms with Gasteiger partial charge in [-0.25, -0.2) is 4.79 Å². The number of nitrogens with one attached hydrogen (secondary N) is 1. The number of methoxy groups -OCH3 is 1. The summed E-state index contributed by atoms with van der Waals surface area (Å²) in [6.45, 7) is 2.83. The second kappa shape index (κ2) is 5.95. The van der Waals surface area contributed by atoms with Crippen molar-refractivity contribution in [3.8, 4) is 0 Å². The predicted octanol–water partition coefficient (Wildman–Crippen LogP) is 1.56. The Kier molecular flexibility index (Phi) is 4.59. The van der Waals surface area contributed by atoms with Gasteiger partial charge in [0, 0.05) is 19.0 Å². The van der Waals surface area contributed by atoms with Gasteiger partial charge in [-0.3, -0.25) is 9.59 Å². The molecule has 0 heterocycles. The number of anilines is 1. The number of hydrogen-bond acceptors (Lipinski definition) is 4. The fourth-order valence-corrected chi connectivity index (χ4v) is 1.56. The Labute approximate surface area is 105 Å². The Hall–Kier alpha value is -2.17. The van der Waals surface area contributed by atoms with Gasteiger partial charge in [-0.1, -0.05) is 0 Å². The first kappa shape index (κ1) is 13.9. The highest BCUT2D eigenvalue weighted by atomic mass is 16.5. The molecule has 1 rings (SSSR count). The van der Waals surface area contributed by atoms with Gasteiger partial charge < -0.3 is 10.1 Å². The Morgan fingerprint density at radius 3 is 2.39 bits per heavy atom. The minimum Gasteiger partial charge on any atom is -0.465 e. The van der Waals surface area contributed by atoms with E-state index >= 15 is 0 Å². The molecule has 0 aromatic heterocycles. The fraction of sp³-hybridized carbons (Fsp3) is 0.308. The van der Waals surface area contributed by atoms with Gasteiger partial charge >= 0.3 is 5.97 Å². The van der Waals surface area contributed by atoms with Crippen LogP contribution < -0.4 is 5.32 Å². The van der Waals surface area contributed by atoms with E-state index in [0.29, 0.717) is 16.8 Å². The molecule has 1 aromatic carbocycles. The number of esters is 1. The number of amides is 1. The molecular formula is C13H15NO4. The first-order valence-corrected chi connectivity index (χ1v) is 5.42. The lowest BCUT2D eigenvalue weighted by Gasteiger charge is -2.10. The normalized spacial score (nSPS) is 9.72.